The van der Waals surface area contributed by atoms with E-state index in [1.54, 1.807) is 18.3 Å². The van der Waals surface area contributed by atoms with E-state index in [9.17, 15) is 9.50 Å². The minimum Gasteiger partial charge on any atom is -0.396 e. The van der Waals surface area contributed by atoms with Crippen molar-refractivity contribution in [3.63, 3.8) is 0 Å². The molecule has 0 saturated carbocycles. The summed E-state index contributed by atoms with van der Waals surface area (Å²) in [6.45, 7) is -0.0383. The van der Waals surface area contributed by atoms with Gasteiger partial charge >= 0.3 is 0 Å². The first-order valence-electron chi connectivity index (χ1n) is 9.60. The van der Waals surface area contributed by atoms with Crippen LogP contribution in [0.15, 0.2) is 55.0 Å². The van der Waals surface area contributed by atoms with Gasteiger partial charge in [0.25, 0.3) is 0 Å². The standard InChI is InChI=1S/C22H20FN7O/c23-16-4-1-13(2-5-16)19(7-8-31)30-22-26-11-15-9-14(3-6-18(15)29-22)20-17(10-24)21(25)28-12-27-20/h1-6,9-12,19,24,31H,7-8H2,(H2,25,27,28)(H,26,29,30)/t19-/m1/s1. The van der Waals surface area contributed by atoms with Crippen molar-refractivity contribution >= 4 is 28.9 Å². The highest BCUT2D eigenvalue weighted by atomic mass is 19.1. The fourth-order valence-electron chi connectivity index (χ4n) is 3.33. The zero-order valence-electron chi connectivity index (χ0n) is 16.5. The zero-order valence-corrected chi connectivity index (χ0v) is 16.5. The van der Waals surface area contributed by atoms with E-state index in [1.807, 2.05) is 18.2 Å². The Hall–Kier alpha value is -3.98. The van der Waals surface area contributed by atoms with E-state index in [0.717, 1.165) is 22.7 Å². The summed E-state index contributed by atoms with van der Waals surface area (Å²) >= 11 is 0. The van der Waals surface area contributed by atoms with Crippen LogP contribution >= 0.6 is 0 Å². The lowest BCUT2D eigenvalue weighted by Gasteiger charge is -2.18. The van der Waals surface area contributed by atoms with Crippen LogP contribution in [0.4, 0.5) is 16.2 Å². The van der Waals surface area contributed by atoms with Crippen molar-refractivity contribution in [3.8, 4) is 11.3 Å². The second kappa shape index (κ2) is 8.80. The van der Waals surface area contributed by atoms with Gasteiger partial charge in [0.2, 0.25) is 5.95 Å². The second-order valence-corrected chi connectivity index (χ2v) is 6.89. The summed E-state index contributed by atoms with van der Waals surface area (Å²) < 4.78 is 13.2. The lowest BCUT2D eigenvalue weighted by molar-refractivity contribution is 0.280. The first-order chi connectivity index (χ1) is 15.1. The number of aliphatic hydroxyl groups excluding tert-OH is 1. The predicted molar refractivity (Wildman–Crippen MR) is 117 cm³/mol. The van der Waals surface area contributed by atoms with Crippen LogP contribution in [0.3, 0.4) is 0 Å². The first kappa shape index (κ1) is 20.3. The minimum atomic E-state index is -0.319. The Morgan fingerprint density at radius 2 is 1.94 bits per heavy atom. The molecule has 1 atom stereocenters. The van der Waals surface area contributed by atoms with Gasteiger partial charge in [-0.3, -0.25) is 0 Å². The van der Waals surface area contributed by atoms with Crippen LogP contribution in [0.5, 0.6) is 0 Å². The van der Waals surface area contributed by atoms with Crippen molar-refractivity contribution in [2.75, 3.05) is 17.7 Å². The van der Waals surface area contributed by atoms with Gasteiger partial charge in [0, 0.05) is 30.0 Å². The Balaban J connectivity index is 1.64. The van der Waals surface area contributed by atoms with Crippen LogP contribution in [0.2, 0.25) is 0 Å². The number of nitrogens with one attached hydrogen (secondary N) is 2. The van der Waals surface area contributed by atoms with Crippen molar-refractivity contribution in [1.82, 2.24) is 19.9 Å². The molecule has 0 amide bonds. The van der Waals surface area contributed by atoms with Gasteiger partial charge in [-0.1, -0.05) is 18.2 Å². The van der Waals surface area contributed by atoms with Crippen LogP contribution < -0.4 is 11.1 Å². The Labute approximate surface area is 177 Å². The third-order valence-corrected chi connectivity index (χ3v) is 4.91. The fraction of sp³-hybridized carbons (Fsp3) is 0.136. The van der Waals surface area contributed by atoms with Crippen molar-refractivity contribution in [1.29, 1.82) is 5.41 Å². The number of nitrogens with zero attached hydrogens (tertiary/aromatic N) is 4. The summed E-state index contributed by atoms with van der Waals surface area (Å²) in [6, 6.07) is 11.4. The Kier molecular flexibility index (Phi) is 5.76. The topological polar surface area (TPSA) is 134 Å². The maximum absolute atomic E-state index is 13.2. The summed E-state index contributed by atoms with van der Waals surface area (Å²) in [5.74, 6) is 0.321. The number of hydrogen-bond donors (Lipinski definition) is 4. The van der Waals surface area contributed by atoms with Gasteiger partial charge in [0.05, 0.1) is 22.8 Å². The minimum absolute atomic E-state index is 0.0383. The number of anilines is 2. The quantitative estimate of drug-likeness (QED) is 0.339. The van der Waals surface area contributed by atoms with E-state index in [2.05, 4.69) is 25.3 Å². The molecular formula is C22H20FN7O. The van der Waals surface area contributed by atoms with E-state index >= 15 is 0 Å². The number of halogens is 1. The van der Waals surface area contributed by atoms with Crippen LogP contribution in [-0.2, 0) is 0 Å². The van der Waals surface area contributed by atoms with Gasteiger partial charge in [0.1, 0.15) is 18.0 Å². The van der Waals surface area contributed by atoms with Gasteiger partial charge in [0.15, 0.2) is 0 Å². The molecule has 4 aromatic rings. The molecule has 2 heterocycles. The Bertz CT molecular complexity index is 1230. The average molecular weight is 417 g/mol. The molecule has 0 radical (unpaired) electrons. The molecule has 5 N–H and O–H groups in total. The van der Waals surface area contributed by atoms with Crippen LogP contribution in [-0.4, -0.2) is 37.9 Å². The number of benzene rings is 2. The highest BCUT2D eigenvalue weighted by Crippen LogP contribution is 2.27. The molecule has 8 nitrogen and oxygen atoms in total. The molecule has 2 aromatic heterocycles. The molecule has 2 aromatic carbocycles. The van der Waals surface area contributed by atoms with Crippen molar-refractivity contribution < 1.29 is 9.50 Å². The highest BCUT2D eigenvalue weighted by molar-refractivity contribution is 5.94. The molecule has 0 aliphatic carbocycles. The molecule has 0 bridgehead atoms. The van der Waals surface area contributed by atoms with Gasteiger partial charge in [-0.2, -0.15) is 0 Å². The van der Waals surface area contributed by atoms with E-state index in [0.29, 0.717) is 29.1 Å². The van der Waals surface area contributed by atoms with Gasteiger partial charge in [-0.05, 0) is 36.2 Å². The molecule has 0 aliphatic heterocycles. The van der Waals surface area contributed by atoms with E-state index in [1.165, 1.54) is 18.5 Å². The Morgan fingerprint density at radius 3 is 2.68 bits per heavy atom. The highest BCUT2D eigenvalue weighted by Gasteiger charge is 2.14. The number of nitrogens with two attached hydrogens (primary N) is 1. The molecule has 0 saturated heterocycles. The fourth-order valence-corrected chi connectivity index (χ4v) is 3.33. The normalized spacial score (nSPS) is 11.9. The van der Waals surface area contributed by atoms with Crippen LogP contribution in [0.25, 0.3) is 22.2 Å². The number of rotatable bonds is 7. The molecule has 0 fully saturated rings. The first-order valence-corrected chi connectivity index (χ1v) is 9.60. The van der Waals surface area contributed by atoms with Crippen molar-refractivity contribution in [2.24, 2.45) is 0 Å². The van der Waals surface area contributed by atoms with Crippen LogP contribution in [0, 0.1) is 11.2 Å². The van der Waals surface area contributed by atoms with Crippen molar-refractivity contribution in [2.45, 2.75) is 12.5 Å². The summed E-state index contributed by atoms with van der Waals surface area (Å²) in [5, 5.41) is 21.0. The average Bonchev–Trinajstić information content (AvgIpc) is 2.79. The molecule has 156 valence electrons. The molecule has 0 spiro atoms. The number of hydrogen-bond acceptors (Lipinski definition) is 8. The van der Waals surface area contributed by atoms with Crippen LogP contribution in [0.1, 0.15) is 23.6 Å². The second-order valence-electron chi connectivity index (χ2n) is 6.89. The lowest BCUT2D eigenvalue weighted by Crippen LogP contribution is -2.14. The number of aromatic nitrogens is 4. The zero-order chi connectivity index (χ0) is 21.8. The lowest BCUT2D eigenvalue weighted by atomic mass is 10.0. The monoisotopic (exact) mass is 417 g/mol. The van der Waals surface area contributed by atoms with Gasteiger partial charge in [-0.25, -0.2) is 24.3 Å². The molecule has 4 rings (SSSR count). The van der Waals surface area contributed by atoms with Gasteiger partial charge < -0.3 is 21.6 Å². The smallest absolute Gasteiger partial charge is 0.223 e. The number of fused-ring (bicyclic) bond motifs is 1. The molecule has 9 heteroatoms. The SMILES string of the molecule is N=Cc1c(N)ncnc1-c1ccc2nc(N[C@H](CCO)c3ccc(F)cc3)ncc2c1. The van der Waals surface area contributed by atoms with Gasteiger partial charge in [-0.15, -0.1) is 0 Å². The molecule has 31 heavy (non-hydrogen) atoms. The summed E-state index contributed by atoms with van der Waals surface area (Å²) in [5.41, 5.74) is 9.18. The predicted octanol–water partition coefficient (Wildman–Crippen LogP) is 3.34. The molecular weight excluding hydrogens is 397 g/mol. The largest absolute Gasteiger partial charge is 0.396 e. The van der Waals surface area contributed by atoms with Crippen molar-refractivity contribution in [3.05, 3.63) is 71.9 Å². The van der Waals surface area contributed by atoms with E-state index in [-0.39, 0.29) is 24.3 Å². The summed E-state index contributed by atoms with van der Waals surface area (Å²) in [4.78, 5) is 17.1. The van der Waals surface area contributed by atoms with E-state index in [4.69, 9.17) is 11.1 Å². The third-order valence-electron chi connectivity index (χ3n) is 4.91. The maximum atomic E-state index is 13.2. The summed E-state index contributed by atoms with van der Waals surface area (Å²) in [7, 11) is 0. The number of aliphatic hydroxyl groups is 1. The summed E-state index contributed by atoms with van der Waals surface area (Å²) in [6.07, 6.45) is 4.61. The molecule has 0 aliphatic rings. The van der Waals surface area contributed by atoms with E-state index < -0.39 is 0 Å². The Morgan fingerprint density at radius 1 is 1.13 bits per heavy atom. The number of nitrogen functional groups attached to an aromatic ring is 1. The maximum Gasteiger partial charge on any atom is 0.223 e. The third kappa shape index (κ3) is 4.31. The molecule has 0 unspecified atom stereocenters.